The van der Waals surface area contributed by atoms with E-state index in [2.05, 4.69) is 11.4 Å². The summed E-state index contributed by atoms with van der Waals surface area (Å²) in [7, 11) is 1.80. The minimum Gasteiger partial charge on any atom is -0.348 e. The number of aryl methyl sites for hydroxylation is 1. The lowest BCUT2D eigenvalue weighted by molar-refractivity contribution is -0.118. The Balaban J connectivity index is 1.69. The lowest BCUT2D eigenvalue weighted by atomic mass is 9.99. The maximum atomic E-state index is 12.0. The number of fused-ring (bicyclic) bond motifs is 1. The highest BCUT2D eigenvalue weighted by Crippen LogP contribution is 2.27. The van der Waals surface area contributed by atoms with Gasteiger partial charge in [0.1, 0.15) is 0 Å². The van der Waals surface area contributed by atoms with Crippen LogP contribution in [0.4, 0.5) is 5.69 Å². The number of nitrogens with zero attached hydrogens (tertiary/aromatic N) is 1. The number of hydrogen-bond donors (Lipinski definition) is 1. The molecule has 0 radical (unpaired) electrons. The SMILES string of the molecule is CN1C(=O)CCc2cc(CNC(=O)c3ccccc3)ccc21. The number of anilines is 1. The largest absolute Gasteiger partial charge is 0.348 e. The molecule has 0 fully saturated rings. The predicted molar refractivity (Wildman–Crippen MR) is 85.8 cm³/mol. The molecule has 0 unspecified atom stereocenters. The van der Waals surface area contributed by atoms with Crippen LogP contribution < -0.4 is 10.2 Å². The molecule has 0 saturated heterocycles. The first-order valence-corrected chi connectivity index (χ1v) is 7.37. The lowest BCUT2D eigenvalue weighted by Crippen LogP contribution is -2.31. The van der Waals surface area contributed by atoms with E-state index in [9.17, 15) is 9.59 Å². The van der Waals surface area contributed by atoms with Crippen LogP contribution in [0.15, 0.2) is 48.5 Å². The second kappa shape index (κ2) is 6.02. The zero-order valence-corrected chi connectivity index (χ0v) is 12.5. The van der Waals surface area contributed by atoms with Crippen molar-refractivity contribution in [1.29, 1.82) is 0 Å². The summed E-state index contributed by atoms with van der Waals surface area (Å²) < 4.78 is 0. The van der Waals surface area contributed by atoms with Crippen LogP contribution >= 0.6 is 0 Å². The Bertz CT molecular complexity index is 710. The molecule has 2 amide bonds. The van der Waals surface area contributed by atoms with E-state index in [1.54, 1.807) is 24.1 Å². The first-order chi connectivity index (χ1) is 10.6. The smallest absolute Gasteiger partial charge is 0.251 e. The number of hydrogen-bond acceptors (Lipinski definition) is 2. The normalized spacial score (nSPS) is 13.7. The molecule has 1 N–H and O–H groups in total. The van der Waals surface area contributed by atoms with Crippen molar-refractivity contribution in [2.45, 2.75) is 19.4 Å². The van der Waals surface area contributed by atoms with E-state index in [0.29, 0.717) is 18.5 Å². The molecule has 3 rings (SSSR count). The van der Waals surface area contributed by atoms with Crippen LogP contribution in [0.3, 0.4) is 0 Å². The first kappa shape index (κ1) is 14.3. The summed E-state index contributed by atoms with van der Waals surface area (Å²) in [5, 5.41) is 2.92. The molecular weight excluding hydrogens is 276 g/mol. The zero-order chi connectivity index (χ0) is 15.5. The topological polar surface area (TPSA) is 49.4 Å². The first-order valence-electron chi connectivity index (χ1n) is 7.37. The molecule has 0 aromatic heterocycles. The molecule has 4 nitrogen and oxygen atoms in total. The van der Waals surface area contributed by atoms with E-state index in [0.717, 1.165) is 23.2 Å². The maximum absolute atomic E-state index is 12.0. The Morgan fingerprint density at radius 3 is 2.68 bits per heavy atom. The Hall–Kier alpha value is -2.62. The number of carbonyl (C=O) groups is 2. The quantitative estimate of drug-likeness (QED) is 0.945. The van der Waals surface area contributed by atoms with E-state index < -0.39 is 0 Å². The summed E-state index contributed by atoms with van der Waals surface area (Å²) in [6.07, 6.45) is 1.31. The van der Waals surface area contributed by atoms with Crippen molar-refractivity contribution in [3.8, 4) is 0 Å². The molecule has 1 aliphatic heterocycles. The summed E-state index contributed by atoms with van der Waals surface area (Å²) >= 11 is 0. The standard InChI is InChI=1S/C18H18N2O2/c1-20-16-9-7-13(11-15(16)8-10-17(20)21)12-19-18(22)14-5-3-2-4-6-14/h2-7,9,11H,8,10,12H2,1H3,(H,19,22). The third kappa shape index (κ3) is 2.86. The van der Waals surface area contributed by atoms with Gasteiger partial charge in [0.05, 0.1) is 0 Å². The monoisotopic (exact) mass is 294 g/mol. The van der Waals surface area contributed by atoms with Crippen molar-refractivity contribution >= 4 is 17.5 Å². The van der Waals surface area contributed by atoms with Crippen molar-refractivity contribution in [2.24, 2.45) is 0 Å². The summed E-state index contributed by atoms with van der Waals surface area (Å²) in [6.45, 7) is 0.485. The van der Waals surface area contributed by atoms with Gasteiger partial charge in [0.2, 0.25) is 5.91 Å². The molecule has 0 atom stereocenters. The molecule has 22 heavy (non-hydrogen) atoms. The summed E-state index contributed by atoms with van der Waals surface area (Å²) in [6, 6.07) is 15.2. The second-order valence-corrected chi connectivity index (χ2v) is 5.46. The fraction of sp³-hybridized carbons (Fsp3) is 0.222. The van der Waals surface area contributed by atoms with Crippen molar-refractivity contribution in [3.05, 3.63) is 65.2 Å². The Morgan fingerprint density at radius 1 is 1.14 bits per heavy atom. The van der Waals surface area contributed by atoms with Crippen molar-refractivity contribution in [2.75, 3.05) is 11.9 Å². The zero-order valence-electron chi connectivity index (χ0n) is 12.5. The molecular formula is C18H18N2O2. The number of nitrogens with one attached hydrogen (secondary N) is 1. The number of carbonyl (C=O) groups excluding carboxylic acids is 2. The van der Waals surface area contributed by atoms with Gasteiger partial charge in [-0.2, -0.15) is 0 Å². The van der Waals surface area contributed by atoms with Gasteiger partial charge < -0.3 is 10.2 Å². The van der Waals surface area contributed by atoms with Crippen LogP contribution in [0.1, 0.15) is 27.9 Å². The van der Waals surface area contributed by atoms with Crippen LogP contribution in [-0.2, 0) is 17.8 Å². The lowest BCUT2D eigenvalue weighted by Gasteiger charge is -2.26. The highest BCUT2D eigenvalue weighted by molar-refractivity contribution is 5.96. The van der Waals surface area contributed by atoms with Gasteiger partial charge in [-0.05, 0) is 35.7 Å². The average Bonchev–Trinajstić information content (AvgIpc) is 2.57. The van der Waals surface area contributed by atoms with Crippen LogP contribution in [-0.4, -0.2) is 18.9 Å². The van der Waals surface area contributed by atoms with E-state index in [1.165, 1.54) is 0 Å². The molecule has 1 aliphatic rings. The fourth-order valence-electron chi connectivity index (χ4n) is 2.69. The average molecular weight is 294 g/mol. The summed E-state index contributed by atoms with van der Waals surface area (Å²) in [5.41, 5.74) is 3.83. The van der Waals surface area contributed by atoms with E-state index in [-0.39, 0.29) is 11.8 Å². The molecule has 0 saturated carbocycles. The molecule has 0 bridgehead atoms. The third-order valence-corrected chi connectivity index (χ3v) is 3.98. The Morgan fingerprint density at radius 2 is 1.91 bits per heavy atom. The van der Waals surface area contributed by atoms with E-state index in [1.807, 2.05) is 30.3 Å². The fourth-order valence-corrected chi connectivity index (χ4v) is 2.69. The highest BCUT2D eigenvalue weighted by Gasteiger charge is 2.20. The van der Waals surface area contributed by atoms with Gasteiger partial charge in [-0.3, -0.25) is 9.59 Å². The minimum atomic E-state index is -0.0781. The molecule has 2 aromatic rings. The van der Waals surface area contributed by atoms with Crippen molar-refractivity contribution in [1.82, 2.24) is 5.32 Å². The molecule has 112 valence electrons. The van der Waals surface area contributed by atoms with Crippen LogP contribution in [0.2, 0.25) is 0 Å². The highest BCUT2D eigenvalue weighted by atomic mass is 16.2. The van der Waals surface area contributed by atoms with Gasteiger partial charge >= 0.3 is 0 Å². The Kier molecular flexibility index (Phi) is 3.92. The molecule has 0 spiro atoms. The number of rotatable bonds is 3. The van der Waals surface area contributed by atoms with Crippen LogP contribution in [0.5, 0.6) is 0 Å². The van der Waals surface area contributed by atoms with Gasteiger partial charge in [-0.25, -0.2) is 0 Å². The van der Waals surface area contributed by atoms with E-state index >= 15 is 0 Å². The molecule has 1 heterocycles. The molecule has 4 heteroatoms. The van der Waals surface area contributed by atoms with Gasteiger partial charge in [-0.15, -0.1) is 0 Å². The molecule has 0 aliphatic carbocycles. The van der Waals surface area contributed by atoms with Crippen molar-refractivity contribution < 1.29 is 9.59 Å². The number of amides is 2. The predicted octanol–water partition coefficient (Wildman–Crippen LogP) is 2.53. The maximum Gasteiger partial charge on any atom is 0.251 e. The second-order valence-electron chi connectivity index (χ2n) is 5.46. The van der Waals surface area contributed by atoms with Crippen LogP contribution in [0, 0.1) is 0 Å². The van der Waals surface area contributed by atoms with Crippen molar-refractivity contribution in [3.63, 3.8) is 0 Å². The van der Waals surface area contributed by atoms with Gasteiger partial charge in [-0.1, -0.05) is 30.3 Å². The van der Waals surface area contributed by atoms with Crippen LogP contribution in [0.25, 0.3) is 0 Å². The van der Waals surface area contributed by atoms with Gasteiger partial charge in [0, 0.05) is 31.3 Å². The number of benzene rings is 2. The summed E-state index contributed by atoms with van der Waals surface area (Å²) in [5.74, 6) is 0.0725. The summed E-state index contributed by atoms with van der Waals surface area (Å²) in [4.78, 5) is 25.4. The van der Waals surface area contributed by atoms with E-state index in [4.69, 9.17) is 0 Å². The third-order valence-electron chi connectivity index (χ3n) is 3.98. The minimum absolute atomic E-state index is 0.0781. The van der Waals surface area contributed by atoms with Gasteiger partial charge in [0.15, 0.2) is 0 Å². The van der Waals surface area contributed by atoms with Gasteiger partial charge in [0.25, 0.3) is 5.91 Å². The molecule has 2 aromatic carbocycles. The Labute approximate surface area is 129 Å².